The Bertz CT molecular complexity index is 622. The van der Waals surface area contributed by atoms with Crippen LogP contribution in [0.3, 0.4) is 0 Å². The van der Waals surface area contributed by atoms with Crippen LogP contribution in [0.5, 0.6) is 0 Å². The zero-order chi connectivity index (χ0) is 15.3. The van der Waals surface area contributed by atoms with Gasteiger partial charge in [0.05, 0.1) is 0 Å². The molecule has 0 aromatic heterocycles. The fourth-order valence-electron chi connectivity index (χ4n) is 3.06. The molecule has 0 bridgehead atoms. The summed E-state index contributed by atoms with van der Waals surface area (Å²) in [6, 6.07) is 20.6. The van der Waals surface area contributed by atoms with Crippen LogP contribution in [0.4, 0.5) is 5.69 Å². The van der Waals surface area contributed by atoms with E-state index in [4.69, 9.17) is 5.73 Å². The minimum atomic E-state index is 0. The molecular weight excluding hydrogens is 397 g/mol. The molecule has 3 rings (SSSR count). The first-order valence-corrected chi connectivity index (χ1v) is 7.92. The summed E-state index contributed by atoms with van der Waals surface area (Å²) in [5.41, 5.74) is 8.70. The molecule has 0 heterocycles. The Hall–Kier alpha value is -1.56. The second-order valence-corrected chi connectivity index (χ2v) is 6.21. The van der Waals surface area contributed by atoms with Crippen molar-refractivity contribution < 1.29 is 0 Å². The van der Waals surface area contributed by atoms with Gasteiger partial charge in [0.25, 0.3) is 0 Å². The van der Waals surface area contributed by atoms with E-state index in [-0.39, 0.29) is 24.0 Å². The third-order valence-electron chi connectivity index (χ3n) is 4.47. The average Bonchev–Trinajstić information content (AvgIpc) is 2.52. The Kier molecular flexibility index (Phi) is 6.45. The molecule has 2 aromatic carbocycles. The van der Waals surface area contributed by atoms with Gasteiger partial charge in [-0.05, 0) is 42.4 Å². The van der Waals surface area contributed by atoms with Crippen molar-refractivity contribution in [1.29, 1.82) is 0 Å². The molecule has 4 heteroatoms. The van der Waals surface area contributed by atoms with E-state index < -0.39 is 0 Å². The SMILES string of the molecule is I.NC(=NCC1(Cc2ccccc2)CCC1)Nc1ccccc1. The number of aliphatic imine (C=N–C) groups is 1. The maximum absolute atomic E-state index is 6.02. The normalized spacial score (nSPS) is 16.1. The third kappa shape index (κ3) is 4.96. The summed E-state index contributed by atoms with van der Waals surface area (Å²) >= 11 is 0. The van der Waals surface area contributed by atoms with Crippen molar-refractivity contribution in [1.82, 2.24) is 0 Å². The summed E-state index contributed by atoms with van der Waals surface area (Å²) in [6.07, 6.45) is 4.87. The summed E-state index contributed by atoms with van der Waals surface area (Å²) in [7, 11) is 0. The second-order valence-electron chi connectivity index (χ2n) is 6.21. The van der Waals surface area contributed by atoms with Crippen LogP contribution < -0.4 is 11.1 Å². The van der Waals surface area contributed by atoms with Crippen LogP contribution in [0.1, 0.15) is 24.8 Å². The molecule has 0 atom stereocenters. The van der Waals surface area contributed by atoms with Gasteiger partial charge in [0.15, 0.2) is 5.96 Å². The third-order valence-corrected chi connectivity index (χ3v) is 4.47. The highest BCUT2D eigenvalue weighted by atomic mass is 127. The Labute approximate surface area is 155 Å². The van der Waals surface area contributed by atoms with Crippen LogP contribution in [0.15, 0.2) is 65.7 Å². The number of nitrogens with two attached hydrogens (primary N) is 1. The van der Waals surface area contributed by atoms with E-state index in [1.807, 2.05) is 30.3 Å². The van der Waals surface area contributed by atoms with Crippen molar-refractivity contribution >= 4 is 35.6 Å². The average molecular weight is 421 g/mol. The number of hydrogen-bond acceptors (Lipinski definition) is 1. The minimum Gasteiger partial charge on any atom is -0.370 e. The lowest BCUT2D eigenvalue weighted by Gasteiger charge is -2.41. The van der Waals surface area contributed by atoms with E-state index in [1.165, 1.54) is 24.8 Å². The molecule has 0 radical (unpaired) electrons. The molecule has 2 aromatic rings. The summed E-state index contributed by atoms with van der Waals surface area (Å²) in [6.45, 7) is 0.799. The Morgan fingerprint density at radius 1 is 1.00 bits per heavy atom. The molecule has 0 unspecified atom stereocenters. The van der Waals surface area contributed by atoms with Crippen molar-refractivity contribution in [3.63, 3.8) is 0 Å². The van der Waals surface area contributed by atoms with Gasteiger partial charge in [0.1, 0.15) is 0 Å². The maximum atomic E-state index is 6.02. The molecule has 0 spiro atoms. The smallest absolute Gasteiger partial charge is 0.193 e. The van der Waals surface area contributed by atoms with E-state index in [2.05, 4.69) is 40.6 Å². The van der Waals surface area contributed by atoms with Crippen LogP contribution >= 0.6 is 24.0 Å². The zero-order valence-corrected chi connectivity index (χ0v) is 15.6. The lowest BCUT2D eigenvalue weighted by atomic mass is 9.65. The Morgan fingerprint density at radius 3 is 2.17 bits per heavy atom. The Morgan fingerprint density at radius 2 is 1.61 bits per heavy atom. The molecule has 1 fully saturated rings. The topological polar surface area (TPSA) is 50.4 Å². The van der Waals surface area contributed by atoms with E-state index in [0.29, 0.717) is 11.4 Å². The number of anilines is 1. The number of guanidine groups is 1. The van der Waals surface area contributed by atoms with Gasteiger partial charge in [-0.1, -0.05) is 55.0 Å². The van der Waals surface area contributed by atoms with Crippen LogP contribution in [-0.4, -0.2) is 12.5 Å². The first-order chi connectivity index (χ1) is 10.8. The molecule has 1 aliphatic rings. The Balaban J connectivity index is 0.00000192. The predicted molar refractivity (Wildman–Crippen MR) is 108 cm³/mol. The van der Waals surface area contributed by atoms with Crippen molar-refractivity contribution in [2.45, 2.75) is 25.7 Å². The highest BCUT2D eigenvalue weighted by molar-refractivity contribution is 14.0. The summed E-state index contributed by atoms with van der Waals surface area (Å²) in [5.74, 6) is 0.505. The van der Waals surface area contributed by atoms with Gasteiger partial charge in [-0.3, -0.25) is 4.99 Å². The van der Waals surface area contributed by atoms with Gasteiger partial charge in [-0.15, -0.1) is 24.0 Å². The molecule has 1 saturated carbocycles. The lowest BCUT2D eigenvalue weighted by molar-refractivity contribution is 0.145. The standard InChI is InChI=1S/C19H23N3.HI/c20-18(22-17-10-5-2-6-11-17)21-15-19(12-7-13-19)14-16-8-3-1-4-9-16;/h1-6,8-11H,7,12-15H2,(H3,20,21,22);1H. The van der Waals surface area contributed by atoms with Crippen molar-refractivity contribution in [3.05, 3.63) is 66.2 Å². The minimum absolute atomic E-state index is 0. The van der Waals surface area contributed by atoms with E-state index in [9.17, 15) is 0 Å². The summed E-state index contributed by atoms with van der Waals surface area (Å²) in [5, 5.41) is 3.15. The molecule has 23 heavy (non-hydrogen) atoms. The fourth-order valence-corrected chi connectivity index (χ4v) is 3.06. The number of hydrogen-bond donors (Lipinski definition) is 2. The van der Waals surface area contributed by atoms with Gasteiger partial charge in [0, 0.05) is 12.2 Å². The molecule has 0 aliphatic heterocycles. The first kappa shape index (κ1) is 17.8. The monoisotopic (exact) mass is 421 g/mol. The zero-order valence-electron chi connectivity index (χ0n) is 13.2. The fraction of sp³-hybridized carbons (Fsp3) is 0.316. The number of halogens is 1. The van der Waals surface area contributed by atoms with E-state index in [1.54, 1.807) is 0 Å². The van der Waals surface area contributed by atoms with Crippen LogP contribution in [-0.2, 0) is 6.42 Å². The first-order valence-electron chi connectivity index (χ1n) is 7.92. The maximum Gasteiger partial charge on any atom is 0.193 e. The second kappa shape index (κ2) is 8.34. The van der Waals surface area contributed by atoms with Crippen LogP contribution in [0.2, 0.25) is 0 Å². The quantitative estimate of drug-likeness (QED) is 0.426. The predicted octanol–water partition coefficient (Wildman–Crippen LogP) is 4.44. The van der Waals surface area contributed by atoms with Crippen LogP contribution in [0, 0.1) is 5.41 Å². The van der Waals surface area contributed by atoms with E-state index >= 15 is 0 Å². The van der Waals surface area contributed by atoms with Gasteiger partial charge < -0.3 is 11.1 Å². The van der Waals surface area contributed by atoms with Crippen molar-refractivity contribution in [2.24, 2.45) is 16.1 Å². The van der Waals surface area contributed by atoms with Crippen molar-refractivity contribution in [3.8, 4) is 0 Å². The lowest BCUT2D eigenvalue weighted by Crippen LogP contribution is -2.36. The number of benzene rings is 2. The highest BCUT2D eigenvalue weighted by Crippen LogP contribution is 2.44. The van der Waals surface area contributed by atoms with Gasteiger partial charge >= 0.3 is 0 Å². The molecule has 122 valence electrons. The van der Waals surface area contributed by atoms with Gasteiger partial charge in [-0.25, -0.2) is 0 Å². The summed E-state index contributed by atoms with van der Waals surface area (Å²) < 4.78 is 0. The van der Waals surface area contributed by atoms with Crippen LogP contribution in [0.25, 0.3) is 0 Å². The number of nitrogens with one attached hydrogen (secondary N) is 1. The molecule has 0 saturated heterocycles. The largest absolute Gasteiger partial charge is 0.370 e. The summed E-state index contributed by atoms with van der Waals surface area (Å²) in [4.78, 5) is 4.59. The molecule has 3 nitrogen and oxygen atoms in total. The van der Waals surface area contributed by atoms with Crippen molar-refractivity contribution in [2.75, 3.05) is 11.9 Å². The molecule has 1 aliphatic carbocycles. The molecular formula is C19H24IN3. The highest BCUT2D eigenvalue weighted by Gasteiger charge is 2.36. The number of nitrogens with zero attached hydrogens (tertiary/aromatic N) is 1. The van der Waals surface area contributed by atoms with Gasteiger partial charge in [-0.2, -0.15) is 0 Å². The number of para-hydroxylation sites is 1. The number of rotatable bonds is 5. The van der Waals surface area contributed by atoms with E-state index in [0.717, 1.165) is 18.7 Å². The molecule has 3 N–H and O–H groups in total. The van der Waals surface area contributed by atoms with Gasteiger partial charge in [0.2, 0.25) is 0 Å². The molecule has 0 amide bonds.